The Bertz CT molecular complexity index is 581. The molecule has 1 aromatic carbocycles. The first kappa shape index (κ1) is 27.1. The van der Waals surface area contributed by atoms with Gasteiger partial charge in [-0.2, -0.15) is 0 Å². The maximum Gasteiger partial charge on any atom is 0.191 e. The van der Waals surface area contributed by atoms with Gasteiger partial charge in [0.15, 0.2) is 5.96 Å². The molecule has 1 aliphatic carbocycles. The fourth-order valence-corrected chi connectivity index (χ4v) is 3.45. The van der Waals surface area contributed by atoms with E-state index in [1.807, 2.05) is 6.92 Å². The van der Waals surface area contributed by atoms with Crippen LogP contribution >= 0.6 is 24.0 Å². The van der Waals surface area contributed by atoms with Crippen molar-refractivity contribution in [2.75, 3.05) is 40.0 Å². The Kier molecular flexibility index (Phi) is 16.1. The van der Waals surface area contributed by atoms with Crippen molar-refractivity contribution in [1.29, 1.82) is 0 Å². The van der Waals surface area contributed by atoms with Crippen LogP contribution < -0.4 is 10.6 Å². The summed E-state index contributed by atoms with van der Waals surface area (Å²) < 4.78 is 16.9. The Morgan fingerprint density at radius 2 is 1.80 bits per heavy atom. The summed E-state index contributed by atoms with van der Waals surface area (Å²) in [4.78, 5) is 4.31. The lowest BCUT2D eigenvalue weighted by Gasteiger charge is -2.22. The third-order valence-corrected chi connectivity index (χ3v) is 5.04. The standard InChI is InChI=1S/C23H39N3O3.HI/c1-3-27-15-16-28-19-21-10-7-9-20(17-21)18-26-23(24-2)25-13-8-14-29-22-11-5-4-6-12-22;/h7,9-10,17,22H,3-6,8,11-16,18-19H2,1-2H3,(H2,24,25,26);1H. The number of hydrogen-bond donors (Lipinski definition) is 2. The Morgan fingerprint density at radius 3 is 2.57 bits per heavy atom. The molecule has 2 rings (SSSR count). The minimum atomic E-state index is 0. The van der Waals surface area contributed by atoms with Crippen molar-refractivity contribution in [3.05, 3.63) is 35.4 Å². The van der Waals surface area contributed by atoms with Crippen molar-refractivity contribution in [2.24, 2.45) is 4.99 Å². The third kappa shape index (κ3) is 12.1. The number of nitrogens with zero attached hydrogens (tertiary/aromatic N) is 1. The SMILES string of the molecule is CCOCCOCc1cccc(CNC(=NC)NCCCOC2CCCCC2)c1.I. The van der Waals surface area contributed by atoms with Crippen LogP contribution in [0.1, 0.15) is 56.6 Å². The topological polar surface area (TPSA) is 64.1 Å². The molecule has 0 atom stereocenters. The van der Waals surface area contributed by atoms with E-state index in [9.17, 15) is 0 Å². The van der Waals surface area contributed by atoms with Crippen molar-refractivity contribution in [1.82, 2.24) is 10.6 Å². The van der Waals surface area contributed by atoms with Crippen LogP contribution in [0.15, 0.2) is 29.3 Å². The molecular formula is C23H40IN3O3. The van der Waals surface area contributed by atoms with Crippen LogP contribution in [0.5, 0.6) is 0 Å². The summed E-state index contributed by atoms with van der Waals surface area (Å²) >= 11 is 0. The molecule has 0 heterocycles. The van der Waals surface area contributed by atoms with Gasteiger partial charge in [0.05, 0.1) is 25.9 Å². The van der Waals surface area contributed by atoms with Gasteiger partial charge in [-0.15, -0.1) is 24.0 Å². The van der Waals surface area contributed by atoms with Gasteiger partial charge < -0.3 is 24.8 Å². The van der Waals surface area contributed by atoms with Crippen molar-refractivity contribution in [2.45, 2.75) is 64.7 Å². The highest BCUT2D eigenvalue weighted by Crippen LogP contribution is 2.20. The number of halogens is 1. The lowest BCUT2D eigenvalue weighted by molar-refractivity contribution is 0.0277. The van der Waals surface area contributed by atoms with Crippen LogP contribution in [-0.4, -0.2) is 52.1 Å². The second-order valence-corrected chi connectivity index (χ2v) is 7.41. The summed E-state index contributed by atoms with van der Waals surface area (Å²) in [6.45, 7) is 7.00. The van der Waals surface area contributed by atoms with E-state index in [1.165, 1.54) is 43.2 Å². The molecule has 30 heavy (non-hydrogen) atoms. The molecule has 0 aliphatic heterocycles. The van der Waals surface area contributed by atoms with E-state index >= 15 is 0 Å². The Hall–Kier alpha value is -0.900. The number of benzene rings is 1. The molecule has 172 valence electrons. The van der Waals surface area contributed by atoms with Crippen molar-refractivity contribution >= 4 is 29.9 Å². The lowest BCUT2D eigenvalue weighted by atomic mass is 9.98. The minimum Gasteiger partial charge on any atom is -0.379 e. The van der Waals surface area contributed by atoms with Crippen LogP contribution in [0, 0.1) is 0 Å². The van der Waals surface area contributed by atoms with Crippen molar-refractivity contribution in [3.63, 3.8) is 0 Å². The summed E-state index contributed by atoms with van der Waals surface area (Å²) in [6, 6.07) is 8.43. The average Bonchev–Trinajstić information content (AvgIpc) is 2.76. The fourth-order valence-electron chi connectivity index (χ4n) is 3.45. The second-order valence-electron chi connectivity index (χ2n) is 7.41. The van der Waals surface area contributed by atoms with Gasteiger partial charge >= 0.3 is 0 Å². The van der Waals surface area contributed by atoms with Gasteiger partial charge in [-0.05, 0) is 37.3 Å². The van der Waals surface area contributed by atoms with Crippen LogP contribution in [0.3, 0.4) is 0 Å². The molecule has 0 aromatic heterocycles. The highest BCUT2D eigenvalue weighted by Gasteiger charge is 2.12. The predicted octanol–water partition coefficient (Wildman–Crippen LogP) is 4.26. The molecule has 1 aliphatic rings. The molecular weight excluding hydrogens is 493 g/mol. The van der Waals surface area contributed by atoms with E-state index in [2.05, 4.69) is 39.9 Å². The van der Waals surface area contributed by atoms with E-state index in [0.29, 0.717) is 25.9 Å². The molecule has 0 unspecified atom stereocenters. The third-order valence-electron chi connectivity index (χ3n) is 5.04. The number of rotatable bonds is 13. The van der Waals surface area contributed by atoms with Gasteiger partial charge in [0.2, 0.25) is 0 Å². The number of hydrogen-bond acceptors (Lipinski definition) is 4. The number of guanidine groups is 1. The largest absolute Gasteiger partial charge is 0.379 e. The van der Waals surface area contributed by atoms with Crippen molar-refractivity contribution in [3.8, 4) is 0 Å². The zero-order valence-corrected chi connectivity index (χ0v) is 21.0. The van der Waals surface area contributed by atoms with Gasteiger partial charge in [-0.25, -0.2) is 0 Å². The number of ether oxygens (including phenoxy) is 3. The summed E-state index contributed by atoms with van der Waals surface area (Å²) in [5, 5.41) is 6.74. The molecule has 1 saturated carbocycles. The molecule has 1 fully saturated rings. The van der Waals surface area contributed by atoms with E-state index in [4.69, 9.17) is 14.2 Å². The summed E-state index contributed by atoms with van der Waals surface area (Å²) in [7, 11) is 1.80. The quantitative estimate of drug-likeness (QED) is 0.172. The van der Waals surface area contributed by atoms with E-state index in [0.717, 1.165) is 38.7 Å². The smallest absolute Gasteiger partial charge is 0.191 e. The predicted molar refractivity (Wildman–Crippen MR) is 134 cm³/mol. The molecule has 0 spiro atoms. The lowest BCUT2D eigenvalue weighted by Crippen LogP contribution is -2.37. The van der Waals surface area contributed by atoms with E-state index < -0.39 is 0 Å². The van der Waals surface area contributed by atoms with E-state index in [1.54, 1.807) is 7.05 Å². The molecule has 0 saturated heterocycles. The molecule has 1 aromatic rings. The second kappa shape index (κ2) is 17.7. The molecule has 2 N–H and O–H groups in total. The van der Waals surface area contributed by atoms with Gasteiger partial charge in [-0.1, -0.05) is 43.5 Å². The van der Waals surface area contributed by atoms with Gasteiger partial charge in [-0.3, -0.25) is 4.99 Å². The molecule has 0 amide bonds. The molecule has 0 bridgehead atoms. The van der Waals surface area contributed by atoms with Crippen LogP contribution in [0.2, 0.25) is 0 Å². The number of aliphatic imine (C=N–C) groups is 1. The highest BCUT2D eigenvalue weighted by molar-refractivity contribution is 14.0. The maximum absolute atomic E-state index is 5.97. The van der Waals surface area contributed by atoms with Crippen LogP contribution in [0.25, 0.3) is 0 Å². The number of nitrogens with one attached hydrogen (secondary N) is 2. The Balaban J connectivity index is 0.00000450. The van der Waals surface area contributed by atoms with E-state index in [-0.39, 0.29) is 24.0 Å². The zero-order chi connectivity index (χ0) is 20.6. The Labute approximate surface area is 199 Å². The zero-order valence-electron chi connectivity index (χ0n) is 18.7. The summed E-state index contributed by atoms with van der Waals surface area (Å²) in [6.07, 6.45) is 7.94. The van der Waals surface area contributed by atoms with Gasteiger partial charge in [0.25, 0.3) is 0 Å². The fraction of sp³-hybridized carbons (Fsp3) is 0.696. The van der Waals surface area contributed by atoms with Gasteiger partial charge in [0, 0.05) is 33.4 Å². The molecule has 0 radical (unpaired) electrons. The summed E-state index contributed by atoms with van der Waals surface area (Å²) in [5.74, 6) is 0.820. The first-order valence-corrected chi connectivity index (χ1v) is 11.1. The van der Waals surface area contributed by atoms with Crippen LogP contribution in [-0.2, 0) is 27.4 Å². The Morgan fingerprint density at radius 1 is 1.03 bits per heavy atom. The first-order valence-electron chi connectivity index (χ1n) is 11.1. The van der Waals surface area contributed by atoms with Gasteiger partial charge in [0.1, 0.15) is 0 Å². The molecule has 7 heteroatoms. The summed E-state index contributed by atoms with van der Waals surface area (Å²) in [5.41, 5.74) is 2.38. The molecule has 6 nitrogen and oxygen atoms in total. The maximum atomic E-state index is 5.97. The average molecular weight is 533 g/mol. The first-order chi connectivity index (χ1) is 14.3. The minimum absolute atomic E-state index is 0. The van der Waals surface area contributed by atoms with Crippen molar-refractivity contribution < 1.29 is 14.2 Å². The highest BCUT2D eigenvalue weighted by atomic mass is 127. The normalized spacial score (nSPS) is 14.9. The van der Waals surface area contributed by atoms with Crippen LogP contribution in [0.4, 0.5) is 0 Å². The monoisotopic (exact) mass is 533 g/mol.